The van der Waals surface area contributed by atoms with Crippen LogP contribution in [-0.4, -0.2) is 28.1 Å². The Labute approximate surface area is 104 Å². The van der Waals surface area contributed by atoms with E-state index in [0.29, 0.717) is 19.4 Å². The molecule has 0 amide bonds. The van der Waals surface area contributed by atoms with Crippen LogP contribution < -0.4 is 5.32 Å². The number of carbonyl (C=O) groups is 1. The molecule has 18 heavy (non-hydrogen) atoms. The zero-order valence-corrected chi connectivity index (χ0v) is 9.76. The fourth-order valence-electron chi connectivity index (χ4n) is 2.30. The van der Waals surface area contributed by atoms with Gasteiger partial charge in [-0.2, -0.15) is 0 Å². The van der Waals surface area contributed by atoms with Crippen LogP contribution in [0.1, 0.15) is 18.4 Å². The van der Waals surface area contributed by atoms with Gasteiger partial charge in [0.1, 0.15) is 5.54 Å². The Morgan fingerprint density at radius 3 is 2.56 bits per heavy atom. The molecule has 1 saturated heterocycles. The number of nitrogens with one attached hydrogen (secondary N) is 1. The molecule has 0 radical (unpaired) electrons. The molecule has 0 bridgehead atoms. The molecular formula is C12H14N2O4. The van der Waals surface area contributed by atoms with E-state index in [2.05, 4.69) is 5.32 Å². The third-order valence-corrected chi connectivity index (χ3v) is 3.31. The molecule has 0 unspecified atom stereocenters. The molecule has 1 aliphatic rings. The van der Waals surface area contributed by atoms with Crippen molar-refractivity contribution >= 4 is 11.7 Å². The molecule has 1 aliphatic heterocycles. The molecule has 1 aromatic carbocycles. The molecule has 0 spiro atoms. The molecule has 2 rings (SSSR count). The number of aliphatic carboxylic acids is 1. The number of carboxylic acids is 1. The topological polar surface area (TPSA) is 92.5 Å². The van der Waals surface area contributed by atoms with Gasteiger partial charge in [-0.05, 0) is 24.9 Å². The molecule has 6 heteroatoms. The van der Waals surface area contributed by atoms with Crippen LogP contribution in [0.5, 0.6) is 0 Å². The van der Waals surface area contributed by atoms with Crippen LogP contribution >= 0.6 is 0 Å². The van der Waals surface area contributed by atoms with E-state index < -0.39 is 16.4 Å². The van der Waals surface area contributed by atoms with E-state index in [1.54, 1.807) is 12.1 Å². The average Bonchev–Trinajstić information content (AvgIpc) is 2.79. The van der Waals surface area contributed by atoms with Crippen LogP contribution in [0, 0.1) is 10.1 Å². The van der Waals surface area contributed by atoms with Crippen molar-refractivity contribution in [1.29, 1.82) is 0 Å². The van der Waals surface area contributed by atoms with Gasteiger partial charge in [-0.1, -0.05) is 12.1 Å². The zero-order chi connectivity index (χ0) is 13.2. The van der Waals surface area contributed by atoms with Gasteiger partial charge in [0, 0.05) is 18.6 Å². The van der Waals surface area contributed by atoms with Gasteiger partial charge in [0.15, 0.2) is 0 Å². The normalized spacial score (nSPS) is 22.9. The first-order valence-electron chi connectivity index (χ1n) is 5.75. The monoisotopic (exact) mass is 250 g/mol. The van der Waals surface area contributed by atoms with Gasteiger partial charge in [0.2, 0.25) is 0 Å². The van der Waals surface area contributed by atoms with Crippen molar-refractivity contribution in [2.45, 2.75) is 24.8 Å². The van der Waals surface area contributed by atoms with E-state index in [1.165, 1.54) is 12.1 Å². The fraction of sp³-hybridized carbons (Fsp3) is 0.417. The van der Waals surface area contributed by atoms with Crippen molar-refractivity contribution in [3.05, 3.63) is 39.9 Å². The van der Waals surface area contributed by atoms with E-state index >= 15 is 0 Å². The smallest absolute Gasteiger partial charge is 0.324 e. The number of non-ortho nitro benzene ring substituents is 1. The lowest BCUT2D eigenvalue weighted by Crippen LogP contribution is -2.49. The summed E-state index contributed by atoms with van der Waals surface area (Å²) in [7, 11) is 0. The summed E-state index contributed by atoms with van der Waals surface area (Å²) >= 11 is 0. The maximum atomic E-state index is 11.3. The Balaban J connectivity index is 2.17. The second-order valence-corrected chi connectivity index (χ2v) is 4.52. The van der Waals surface area contributed by atoms with Gasteiger partial charge in [0.05, 0.1) is 4.92 Å². The van der Waals surface area contributed by atoms with E-state index in [1.807, 2.05) is 0 Å². The summed E-state index contributed by atoms with van der Waals surface area (Å²) in [6.07, 6.45) is 1.76. The molecular weight excluding hydrogens is 236 g/mol. The Morgan fingerprint density at radius 2 is 2.11 bits per heavy atom. The number of hydrogen-bond donors (Lipinski definition) is 2. The molecule has 1 atom stereocenters. The second kappa shape index (κ2) is 4.73. The minimum Gasteiger partial charge on any atom is -0.480 e. The number of hydrogen-bond acceptors (Lipinski definition) is 4. The number of nitrogens with zero attached hydrogens (tertiary/aromatic N) is 1. The van der Waals surface area contributed by atoms with Gasteiger partial charge >= 0.3 is 5.97 Å². The summed E-state index contributed by atoms with van der Waals surface area (Å²) in [4.78, 5) is 21.4. The SMILES string of the molecule is O=C(O)[C@]1(Cc2ccc([N+](=O)[O-])cc2)CCCN1. The first-order chi connectivity index (χ1) is 8.53. The Morgan fingerprint density at radius 1 is 1.44 bits per heavy atom. The number of nitro groups is 1. The summed E-state index contributed by atoms with van der Waals surface area (Å²) in [5.74, 6) is -0.863. The number of carboxylic acid groups (broad SMARTS) is 1. The maximum Gasteiger partial charge on any atom is 0.324 e. The van der Waals surface area contributed by atoms with E-state index in [4.69, 9.17) is 0 Å². The zero-order valence-electron chi connectivity index (χ0n) is 9.76. The minimum absolute atomic E-state index is 0.0162. The highest BCUT2D eigenvalue weighted by Gasteiger charge is 2.40. The third kappa shape index (κ3) is 2.33. The molecule has 0 saturated carbocycles. The molecule has 96 valence electrons. The summed E-state index contributed by atoms with van der Waals surface area (Å²) in [5, 5.41) is 22.8. The minimum atomic E-state index is -0.921. The van der Waals surface area contributed by atoms with E-state index in [0.717, 1.165) is 12.0 Å². The number of nitro benzene ring substituents is 1. The summed E-state index contributed by atoms with van der Waals surface area (Å²) in [5.41, 5.74) is -0.115. The lowest BCUT2D eigenvalue weighted by molar-refractivity contribution is -0.384. The molecule has 0 aliphatic carbocycles. The Hall–Kier alpha value is -1.95. The van der Waals surface area contributed by atoms with Crippen LogP contribution in [0.4, 0.5) is 5.69 Å². The highest BCUT2D eigenvalue weighted by Crippen LogP contribution is 2.25. The van der Waals surface area contributed by atoms with Crippen molar-refractivity contribution in [2.24, 2.45) is 0 Å². The molecule has 1 fully saturated rings. The van der Waals surface area contributed by atoms with Gasteiger partial charge in [-0.3, -0.25) is 14.9 Å². The van der Waals surface area contributed by atoms with Gasteiger partial charge in [-0.25, -0.2) is 0 Å². The Bertz CT molecular complexity index is 463. The quantitative estimate of drug-likeness (QED) is 0.621. The van der Waals surface area contributed by atoms with Crippen LogP contribution in [0.2, 0.25) is 0 Å². The largest absolute Gasteiger partial charge is 0.480 e. The van der Waals surface area contributed by atoms with Crippen molar-refractivity contribution in [1.82, 2.24) is 5.32 Å². The summed E-state index contributed by atoms with van der Waals surface area (Å²) in [6, 6.07) is 6.03. The predicted molar refractivity (Wildman–Crippen MR) is 64.4 cm³/mol. The van der Waals surface area contributed by atoms with Crippen LogP contribution in [0.15, 0.2) is 24.3 Å². The predicted octanol–water partition coefficient (Wildman–Crippen LogP) is 1.34. The molecule has 1 aromatic rings. The first-order valence-corrected chi connectivity index (χ1v) is 5.75. The van der Waals surface area contributed by atoms with Crippen molar-refractivity contribution in [3.8, 4) is 0 Å². The van der Waals surface area contributed by atoms with Crippen LogP contribution in [0.25, 0.3) is 0 Å². The second-order valence-electron chi connectivity index (χ2n) is 4.52. The average molecular weight is 250 g/mol. The molecule has 1 heterocycles. The van der Waals surface area contributed by atoms with E-state index in [9.17, 15) is 20.0 Å². The van der Waals surface area contributed by atoms with Gasteiger partial charge in [-0.15, -0.1) is 0 Å². The number of benzene rings is 1. The summed E-state index contributed by atoms with van der Waals surface area (Å²) < 4.78 is 0. The van der Waals surface area contributed by atoms with Gasteiger partial charge in [0.25, 0.3) is 5.69 Å². The van der Waals surface area contributed by atoms with Crippen LogP contribution in [0.3, 0.4) is 0 Å². The van der Waals surface area contributed by atoms with Crippen molar-refractivity contribution < 1.29 is 14.8 Å². The third-order valence-electron chi connectivity index (χ3n) is 3.31. The molecule has 6 nitrogen and oxygen atoms in total. The molecule has 0 aromatic heterocycles. The maximum absolute atomic E-state index is 11.3. The number of rotatable bonds is 4. The van der Waals surface area contributed by atoms with Crippen molar-refractivity contribution in [2.75, 3.05) is 6.54 Å². The highest BCUT2D eigenvalue weighted by atomic mass is 16.6. The lowest BCUT2D eigenvalue weighted by atomic mass is 9.89. The Kier molecular flexibility index (Phi) is 3.29. The summed E-state index contributed by atoms with van der Waals surface area (Å²) in [6.45, 7) is 0.694. The van der Waals surface area contributed by atoms with Crippen LogP contribution in [-0.2, 0) is 11.2 Å². The standard InChI is InChI=1S/C12H14N2O4/c15-11(16)12(6-1-7-13-12)8-9-2-4-10(5-3-9)14(17)18/h2-5,13H,1,6-8H2,(H,15,16)/t12-/m1/s1. The first kappa shape index (κ1) is 12.5. The van der Waals surface area contributed by atoms with Crippen molar-refractivity contribution in [3.63, 3.8) is 0 Å². The fourth-order valence-corrected chi connectivity index (χ4v) is 2.30. The van der Waals surface area contributed by atoms with Gasteiger partial charge < -0.3 is 10.4 Å². The van der Waals surface area contributed by atoms with E-state index in [-0.39, 0.29) is 5.69 Å². The molecule has 2 N–H and O–H groups in total. The highest BCUT2D eigenvalue weighted by molar-refractivity contribution is 5.79. The lowest BCUT2D eigenvalue weighted by Gasteiger charge is -2.24.